The van der Waals surface area contributed by atoms with Crippen LogP contribution in [-0.4, -0.2) is 48.2 Å². The first kappa shape index (κ1) is 26.6. The highest BCUT2D eigenvalue weighted by molar-refractivity contribution is 7.22. The number of hydrogen-bond acceptors (Lipinski definition) is 9. The summed E-state index contributed by atoms with van der Waals surface area (Å²) in [4.78, 5) is 33.3. The molecule has 9 nitrogen and oxygen atoms in total. The van der Waals surface area contributed by atoms with Crippen molar-refractivity contribution in [1.82, 2.24) is 4.98 Å². The number of ketones is 1. The van der Waals surface area contributed by atoms with Crippen LogP contribution in [0.4, 0.5) is 5.13 Å². The summed E-state index contributed by atoms with van der Waals surface area (Å²) in [6.07, 6.45) is 0.861. The number of hydrogen-bond donors (Lipinski definition) is 1. The third-order valence-electron chi connectivity index (χ3n) is 6.79. The average Bonchev–Trinajstić information content (AvgIpc) is 3.53. The van der Waals surface area contributed by atoms with Gasteiger partial charge in [-0.25, -0.2) is 4.98 Å². The van der Waals surface area contributed by atoms with Crippen molar-refractivity contribution < 1.29 is 33.6 Å². The van der Waals surface area contributed by atoms with E-state index in [0.717, 1.165) is 11.1 Å². The number of fused-ring (bicyclic) bond motifs is 2. The first-order chi connectivity index (χ1) is 20.0. The number of benzene rings is 3. The van der Waals surface area contributed by atoms with E-state index in [-0.39, 0.29) is 11.3 Å². The Kier molecular flexibility index (Phi) is 7.23. The molecule has 4 aromatic rings. The predicted molar refractivity (Wildman–Crippen MR) is 155 cm³/mol. The molecule has 1 fully saturated rings. The van der Waals surface area contributed by atoms with E-state index in [2.05, 4.69) is 4.98 Å². The molecule has 6 rings (SSSR count). The van der Waals surface area contributed by atoms with E-state index in [1.165, 1.54) is 16.2 Å². The van der Waals surface area contributed by atoms with Crippen molar-refractivity contribution in [2.75, 3.05) is 31.3 Å². The van der Waals surface area contributed by atoms with Crippen molar-refractivity contribution in [3.63, 3.8) is 0 Å². The largest absolute Gasteiger partial charge is 0.507 e. The van der Waals surface area contributed by atoms with Crippen molar-refractivity contribution in [2.45, 2.75) is 26.3 Å². The van der Waals surface area contributed by atoms with Crippen LogP contribution >= 0.6 is 11.3 Å². The fraction of sp³-hybridized carbons (Fsp3) is 0.258. The maximum Gasteiger partial charge on any atom is 0.301 e. The molecule has 2 aliphatic heterocycles. The number of aliphatic hydroxyl groups excluding tert-OH is 1. The first-order valence-electron chi connectivity index (χ1n) is 13.5. The number of carbonyl (C=O) groups is 2. The zero-order valence-corrected chi connectivity index (χ0v) is 23.4. The van der Waals surface area contributed by atoms with E-state index in [9.17, 15) is 14.7 Å². The normalized spacial score (nSPS) is 17.7. The van der Waals surface area contributed by atoms with Gasteiger partial charge >= 0.3 is 5.91 Å². The monoisotopic (exact) mass is 572 g/mol. The summed E-state index contributed by atoms with van der Waals surface area (Å²) in [5, 5.41) is 11.9. The number of carbonyl (C=O) groups excluding carboxylic acids is 2. The Morgan fingerprint density at radius 3 is 2.49 bits per heavy atom. The van der Waals surface area contributed by atoms with Gasteiger partial charge in [-0.2, -0.15) is 0 Å². The molecule has 1 amide bonds. The van der Waals surface area contributed by atoms with Gasteiger partial charge in [-0.05, 0) is 67.4 Å². The molecule has 0 radical (unpaired) electrons. The molecule has 10 heteroatoms. The van der Waals surface area contributed by atoms with Crippen molar-refractivity contribution in [3.8, 4) is 23.0 Å². The lowest BCUT2D eigenvalue weighted by Gasteiger charge is -2.23. The Morgan fingerprint density at radius 2 is 1.73 bits per heavy atom. The van der Waals surface area contributed by atoms with Crippen LogP contribution < -0.4 is 23.8 Å². The standard InChI is InChI=1S/C31H28N2O7S/c1-3-13-38-20-8-5-18(6-9-20)27-26(28(34)19-7-12-23-24(16-19)40-15-14-39-23)29(35)30(36)33(27)31-32-22-11-10-21(37-4-2)17-25(22)41-31/h5-12,16-17,27,34H,3-4,13-15H2,1-2H3/b28-26+/t27-/m0/s1. The van der Waals surface area contributed by atoms with Gasteiger partial charge in [-0.3, -0.25) is 14.5 Å². The number of aromatic nitrogens is 1. The Morgan fingerprint density at radius 1 is 0.976 bits per heavy atom. The van der Waals surface area contributed by atoms with E-state index in [1.54, 1.807) is 42.5 Å². The number of thiazole rings is 1. The quantitative estimate of drug-likeness (QED) is 0.158. The van der Waals surface area contributed by atoms with Gasteiger partial charge in [-0.1, -0.05) is 30.4 Å². The molecule has 0 bridgehead atoms. The van der Waals surface area contributed by atoms with Gasteiger partial charge in [0.15, 0.2) is 16.6 Å². The van der Waals surface area contributed by atoms with Crippen molar-refractivity contribution in [2.24, 2.45) is 0 Å². The number of amides is 1. The SMILES string of the molecule is CCCOc1ccc([C@H]2/C(=C(\O)c3ccc4c(c3)OCCO4)C(=O)C(=O)N2c2nc3ccc(OCC)cc3s2)cc1. The van der Waals surface area contributed by atoms with E-state index >= 15 is 0 Å². The molecule has 210 valence electrons. The van der Waals surface area contributed by atoms with Crippen molar-refractivity contribution >= 4 is 44.1 Å². The number of Topliss-reactive ketones (excluding diaryl/α,β-unsaturated/α-hetero) is 1. The second-order valence-corrected chi connectivity index (χ2v) is 10.5. The van der Waals surface area contributed by atoms with E-state index in [4.69, 9.17) is 18.9 Å². The average molecular weight is 573 g/mol. The highest BCUT2D eigenvalue weighted by Gasteiger charge is 2.48. The Balaban J connectivity index is 1.48. The summed E-state index contributed by atoms with van der Waals surface area (Å²) in [7, 11) is 0. The number of aliphatic hydroxyl groups is 1. The zero-order chi connectivity index (χ0) is 28.5. The molecule has 0 spiro atoms. The summed E-state index contributed by atoms with van der Waals surface area (Å²) in [6.45, 7) is 5.81. The van der Waals surface area contributed by atoms with Crippen molar-refractivity contribution in [3.05, 3.63) is 77.4 Å². The van der Waals surface area contributed by atoms with Gasteiger partial charge in [-0.15, -0.1) is 0 Å². The van der Waals surface area contributed by atoms with Crippen LogP contribution in [0.5, 0.6) is 23.0 Å². The van der Waals surface area contributed by atoms with Gasteiger partial charge in [0.2, 0.25) is 0 Å². The molecule has 0 aliphatic carbocycles. The highest BCUT2D eigenvalue weighted by atomic mass is 32.1. The van der Waals surface area contributed by atoms with Crippen LogP contribution in [0.1, 0.15) is 37.4 Å². The Bertz CT molecular complexity index is 1660. The summed E-state index contributed by atoms with van der Waals surface area (Å²) < 4.78 is 23.4. The van der Waals surface area contributed by atoms with Crippen LogP contribution in [-0.2, 0) is 9.59 Å². The van der Waals surface area contributed by atoms with Crippen LogP contribution in [0.2, 0.25) is 0 Å². The van der Waals surface area contributed by atoms with Gasteiger partial charge in [0.25, 0.3) is 5.78 Å². The second-order valence-electron chi connectivity index (χ2n) is 9.50. The van der Waals surface area contributed by atoms with Crippen LogP contribution in [0.25, 0.3) is 16.0 Å². The summed E-state index contributed by atoms with van der Waals surface area (Å²) in [5.41, 5.74) is 1.60. The summed E-state index contributed by atoms with van der Waals surface area (Å²) in [5.74, 6) is 0.484. The molecule has 0 unspecified atom stereocenters. The lowest BCUT2D eigenvalue weighted by Crippen LogP contribution is -2.29. The topological polar surface area (TPSA) is 107 Å². The minimum absolute atomic E-state index is 0.0387. The maximum atomic E-state index is 13.6. The highest BCUT2D eigenvalue weighted by Crippen LogP contribution is 2.45. The molecule has 2 aliphatic rings. The minimum atomic E-state index is -0.921. The Hall–Kier alpha value is -4.57. The maximum absolute atomic E-state index is 13.6. The molecular weight excluding hydrogens is 544 g/mol. The lowest BCUT2D eigenvalue weighted by atomic mass is 9.95. The number of ether oxygens (including phenoxy) is 4. The first-order valence-corrected chi connectivity index (χ1v) is 14.3. The molecule has 1 aromatic heterocycles. The summed E-state index contributed by atoms with van der Waals surface area (Å²) >= 11 is 1.28. The molecule has 41 heavy (non-hydrogen) atoms. The van der Waals surface area contributed by atoms with Crippen LogP contribution in [0.3, 0.4) is 0 Å². The fourth-order valence-corrected chi connectivity index (χ4v) is 5.93. The molecule has 3 aromatic carbocycles. The number of rotatable bonds is 8. The molecule has 0 saturated carbocycles. The minimum Gasteiger partial charge on any atom is -0.507 e. The van der Waals surface area contributed by atoms with Gasteiger partial charge < -0.3 is 24.1 Å². The molecule has 1 N–H and O–H groups in total. The molecule has 1 saturated heterocycles. The van der Waals surface area contributed by atoms with E-state index in [1.807, 2.05) is 32.0 Å². The molecule has 1 atom stereocenters. The van der Waals surface area contributed by atoms with Gasteiger partial charge in [0.1, 0.15) is 30.5 Å². The third-order valence-corrected chi connectivity index (χ3v) is 7.81. The number of anilines is 1. The second kappa shape index (κ2) is 11.1. The number of nitrogens with zero attached hydrogens (tertiary/aromatic N) is 2. The van der Waals surface area contributed by atoms with Crippen LogP contribution in [0, 0.1) is 0 Å². The molecular formula is C31H28N2O7S. The molecule has 3 heterocycles. The van der Waals surface area contributed by atoms with E-state index in [0.29, 0.717) is 71.2 Å². The third kappa shape index (κ3) is 4.95. The summed E-state index contributed by atoms with van der Waals surface area (Å²) in [6, 6.07) is 16.7. The Labute approximate surface area is 240 Å². The lowest BCUT2D eigenvalue weighted by molar-refractivity contribution is -0.132. The zero-order valence-electron chi connectivity index (χ0n) is 22.6. The van der Waals surface area contributed by atoms with Gasteiger partial charge in [0.05, 0.1) is 35.0 Å². The van der Waals surface area contributed by atoms with Crippen LogP contribution in [0.15, 0.2) is 66.2 Å². The fourth-order valence-electron chi connectivity index (χ4n) is 4.91. The van der Waals surface area contributed by atoms with E-state index < -0.39 is 17.7 Å². The predicted octanol–water partition coefficient (Wildman–Crippen LogP) is 5.88. The smallest absolute Gasteiger partial charge is 0.301 e. The van der Waals surface area contributed by atoms with Gasteiger partial charge in [0, 0.05) is 5.56 Å². The van der Waals surface area contributed by atoms with Crippen molar-refractivity contribution in [1.29, 1.82) is 0 Å².